The molecule has 2 amide bonds. The second-order valence-electron chi connectivity index (χ2n) is 4.78. The van der Waals surface area contributed by atoms with Gasteiger partial charge in [-0.15, -0.1) is 5.11 Å². The van der Waals surface area contributed by atoms with Crippen molar-refractivity contribution in [3.05, 3.63) is 34.5 Å². The highest BCUT2D eigenvalue weighted by atomic mass is 35.5. The molecule has 7 heteroatoms. The molecule has 0 bridgehead atoms. The van der Waals surface area contributed by atoms with Gasteiger partial charge < -0.3 is 10.1 Å². The second-order valence-corrected chi connectivity index (χ2v) is 5.19. The van der Waals surface area contributed by atoms with E-state index >= 15 is 0 Å². The van der Waals surface area contributed by atoms with Crippen LogP contribution in [0.1, 0.15) is 20.8 Å². The van der Waals surface area contributed by atoms with Gasteiger partial charge in [0.15, 0.2) is 5.75 Å². The minimum absolute atomic E-state index is 0.378. The molecule has 0 aromatic heterocycles. The Bertz CT molecular complexity index is 683. The number of para-hydroxylation sites is 1. The number of hydrogen-bond acceptors (Lipinski definition) is 4. The SMILES string of the molecule is CCOc1c(Cl)cccc1NC(=O)C1C(=O)N=NC(C)=C1C. The normalized spacial score (nSPS) is 17.6. The van der Waals surface area contributed by atoms with E-state index in [0.717, 1.165) is 0 Å². The molecule has 0 saturated heterocycles. The molecule has 1 aliphatic heterocycles. The monoisotopic (exact) mass is 321 g/mol. The number of carbonyl (C=O) groups is 2. The van der Waals surface area contributed by atoms with Crippen molar-refractivity contribution in [2.75, 3.05) is 11.9 Å². The number of hydrogen-bond donors (Lipinski definition) is 1. The van der Waals surface area contributed by atoms with Crippen molar-refractivity contribution < 1.29 is 14.3 Å². The number of nitrogens with zero attached hydrogens (tertiary/aromatic N) is 2. The Balaban J connectivity index is 2.28. The van der Waals surface area contributed by atoms with E-state index < -0.39 is 17.7 Å². The summed E-state index contributed by atoms with van der Waals surface area (Å²) in [4.78, 5) is 24.3. The van der Waals surface area contributed by atoms with Crippen LogP contribution in [0.15, 0.2) is 39.7 Å². The van der Waals surface area contributed by atoms with Gasteiger partial charge in [-0.1, -0.05) is 17.7 Å². The summed E-state index contributed by atoms with van der Waals surface area (Å²) in [5.41, 5.74) is 1.56. The summed E-state index contributed by atoms with van der Waals surface area (Å²) in [7, 11) is 0. The first-order valence-corrected chi connectivity index (χ1v) is 7.18. The molecule has 1 N–H and O–H groups in total. The van der Waals surface area contributed by atoms with Crippen LogP contribution in [0.25, 0.3) is 0 Å². The van der Waals surface area contributed by atoms with Gasteiger partial charge in [-0.2, -0.15) is 5.11 Å². The van der Waals surface area contributed by atoms with Crippen LogP contribution in [0.5, 0.6) is 5.75 Å². The van der Waals surface area contributed by atoms with Gasteiger partial charge in [-0.3, -0.25) is 9.59 Å². The van der Waals surface area contributed by atoms with E-state index in [0.29, 0.717) is 34.3 Å². The van der Waals surface area contributed by atoms with Gasteiger partial charge >= 0.3 is 0 Å². The maximum Gasteiger partial charge on any atom is 0.281 e. The van der Waals surface area contributed by atoms with Crippen molar-refractivity contribution in [2.24, 2.45) is 16.1 Å². The standard InChI is InChI=1S/C15H16ClN3O3/c1-4-22-13-10(16)6-5-7-11(13)17-14(20)12-8(2)9(3)18-19-15(12)21/h5-7,12H,4H2,1-3H3,(H,17,20). The molecule has 6 nitrogen and oxygen atoms in total. The van der Waals surface area contributed by atoms with E-state index in [4.69, 9.17) is 16.3 Å². The maximum atomic E-state index is 12.4. The smallest absolute Gasteiger partial charge is 0.281 e. The zero-order valence-electron chi connectivity index (χ0n) is 12.5. The number of nitrogens with one attached hydrogen (secondary N) is 1. The summed E-state index contributed by atoms with van der Waals surface area (Å²) in [6, 6.07) is 5.02. The topological polar surface area (TPSA) is 80.1 Å². The minimum Gasteiger partial charge on any atom is -0.490 e. The summed E-state index contributed by atoms with van der Waals surface area (Å²) in [6.45, 7) is 5.62. The number of anilines is 1. The first-order chi connectivity index (χ1) is 10.5. The predicted molar refractivity (Wildman–Crippen MR) is 83.0 cm³/mol. The number of carbonyl (C=O) groups excluding carboxylic acids is 2. The lowest BCUT2D eigenvalue weighted by Gasteiger charge is -2.19. The average Bonchev–Trinajstić information content (AvgIpc) is 2.47. The molecule has 0 radical (unpaired) electrons. The molecule has 22 heavy (non-hydrogen) atoms. The van der Waals surface area contributed by atoms with Gasteiger partial charge in [0.1, 0.15) is 5.92 Å². The Morgan fingerprint density at radius 3 is 2.77 bits per heavy atom. The van der Waals surface area contributed by atoms with Crippen molar-refractivity contribution in [2.45, 2.75) is 20.8 Å². The van der Waals surface area contributed by atoms with Crippen molar-refractivity contribution in [1.29, 1.82) is 0 Å². The van der Waals surface area contributed by atoms with Crippen LogP contribution >= 0.6 is 11.6 Å². The second kappa shape index (κ2) is 6.70. The quantitative estimate of drug-likeness (QED) is 0.861. The zero-order chi connectivity index (χ0) is 16.3. The van der Waals surface area contributed by atoms with E-state index in [1.54, 1.807) is 32.0 Å². The van der Waals surface area contributed by atoms with Gasteiger partial charge in [-0.25, -0.2) is 0 Å². The molecular formula is C15H16ClN3O3. The molecule has 2 rings (SSSR count). The van der Waals surface area contributed by atoms with Gasteiger partial charge in [0, 0.05) is 0 Å². The number of benzene rings is 1. The van der Waals surface area contributed by atoms with Crippen LogP contribution in [0, 0.1) is 5.92 Å². The molecular weight excluding hydrogens is 306 g/mol. The van der Waals surface area contributed by atoms with E-state index in [1.165, 1.54) is 0 Å². The summed E-state index contributed by atoms with van der Waals surface area (Å²) < 4.78 is 5.45. The molecule has 0 fully saturated rings. The van der Waals surface area contributed by atoms with Crippen molar-refractivity contribution >= 4 is 29.1 Å². The zero-order valence-corrected chi connectivity index (χ0v) is 13.3. The third-order valence-corrected chi connectivity index (χ3v) is 3.62. The van der Waals surface area contributed by atoms with Crippen LogP contribution in [0.3, 0.4) is 0 Å². The molecule has 0 spiro atoms. The average molecular weight is 322 g/mol. The molecule has 116 valence electrons. The highest BCUT2D eigenvalue weighted by Gasteiger charge is 2.32. The van der Waals surface area contributed by atoms with Gasteiger partial charge in [0.05, 0.1) is 23.0 Å². The summed E-state index contributed by atoms with van der Waals surface area (Å²) in [5, 5.41) is 10.3. The number of halogens is 1. The van der Waals surface area contributed by atoms with Crippen molar-refractivity contribution in [1.82, 2.24) is 0 Å². The third-order valence-electron chi connectivity index (χ3n) is 3.32. The lowest BCUT2D eigenvalue weighted by Crippen LogP contribution is -2.31. The lowest BCUT2D eigenvalue weighted by atomic mass is 9.96. The number of allylic oxidation sites excluding steroid dienone is 1. The first-order valence-electron chi connectivity index (χ1n) is 6.80. The van der Waals surface area contributed by atoms with Gasteiger partial charge in [0.25, 0.3) is 5.91 Å². The highest BCUT2D eigenvalue weighted by Crippen LogP contribution is 2.34. The molecule has 1 aliphatic rings. The fourth-order valence-corrected chi connectivity index (χ4v) is 2.30. The maximum absolute atomic E-state index is 12.4. The Hall–Kier alpha value is -2.21. The van der Waals surface area contributed by atoms with Crippen LogP contribution in [-0.2, 0) is 9.59 Å². The van der Waals surface area contributed by atoms with Crippen LogP contribution in [0.2, 0.25) is 5.02 Å². The van der Waals surface area contributed by atoms with E-state index in [9.17, 15) is 9.59 Å². The molecule has 1 aromatic rings. The van der Waals surface area contributed by atoms with E-state index in [-0.39, 0.29) is 0 Å². The van der Waals surface area contributed by atoms with E-state index in [1.807, 2.05) is 6.92 Å². The fourth-order valence-electron chi connectivity index (χ4n) is 2.07. The molecule has 0 aliphatic carbocycles. The van der Waals surface area contributed by atoms with Gasteiger partial charge in [0.2, 0.25) is 5.91 Å². The van der Waals surface area contributed by atoms with Gasteiger partial charge in [-0.05, 0) is 38.5 Å². The molecule has 0 saturated carbocycles. The summed E-state index contributed by atoms with van der Waals surface area (Å²) >= 11 is 6.07. The number of rotatable bonds is 4. The Morgan fingerprint density at radius 2 is 2.09 bits per heavy atom. The van der Waals surface area contributed by atoms with Crippen LogP contribution in [0.4, 0.5) is 5.69 Å². The highest BCUT2D eigenvalue weighted by molar-refractivity contribution is 6.32. The Morgan fingerprint density at radius 1 is 1.36 bits per heavy atom. The molecule has 1 aromatic carbocycles. The predicted octanol–water partition coefficient (Wildman–Crippen LogP) is 3.58. The van der Waals surface area contributed by atoms with E-state index in [2.05, 4.69) is 15.5 Å². The third kappa shape index (κ3) is 3.17. The number of ether oxygens (including phenoxy) is 1. The molecule has 1 unspecified atom stereocenters. The summed E-state index contributed by atoms with van der Waals surface area (Å²) in [6.07, 6.45) is 0. The fraction of sp³-hybridized carbons (Fsp3) is 0.333. The van der Waals surface area contributed by atoms with Crippen LogP contribution in [-0.4, -0.2) is 18.4 Å². The lowest BCUT2D eigenvalue weighted by molar-refractivity contribution is -0.129. The number of azo groups is 1. The van der Waals surface area contributed by atoms with Crippen LogP contribution < -0.4 is 10.1 Å². The number of amides is 2. The largest absolute Gasteiger partial charge is 0.490 e. The molecule has 1 heterocycles. The van der Waals surface area contributed by atoms with Crippen molar-refractivity contribution in [3.63, 3.8) is 0 Å². The Labute approximate surface area is 133 Å². The van der Waals surface area contributed by atoms with Crippen molar-refractivity contribution in [3.8, 4) is 5.75 Å². The Kier molecular flexibility index (Phi) is 4.92. The first kappa shape index (κ1) is 16.2. The minimum atomic E-state index is -0.981. The molecule has 1 atom stereocenters. The summed E-state index contributed by atoms with van der Waals surface area (Å²) in [5.74, 6) is -1.67.